The van der Waals surface area contributed by atoms with Gasteiger partial charge in [0, 0.05) is 17.8 Å². The molecular weight excluding hydrogens is 210 g/mol. The number of thiazole rings is 1. The highest BCUT2D eigenvalue weighted by Gasteiger charge is 2.13. The van der Waals surface area contributed by atoms with E-state index in [0.29, 0.717) is 12.8 Å². The maximum atomic E-state index is 11.6. The lowest BCUT2D eigenvalue weighted by atomic mass is 10.1. The molecule has 0 radical (unpaired) electrons. The van der Waals surface area contributed by atoms with E-state index >= 15 is 0 Å². The van der Waals surface area contributed by atoms with Crippen molar-refractivity contribution in [2.24, 2.45) is 5.73 Å². The molecule has 2 heterocycles. The summed E-state index contributed by atoms with van der Waals surface area (Å²) in [7, 11) is 0. The van der Waals surface area contributed by atoms with Gasteiger partial charge in [-0.15, -0.1) is 11.3 Å². The number of carbonyl (C=O) groups is 1. The van der Waals surface area contributed by atoms with Crippen molar-refractivity contribution in [1.29, 1.82) is 0 Å². The number of hydrogen-bond acceptors (Lipinski definition) is 4. The van der Waals surface area contributed by atoms with Crippen molar-refractivity contribution in [3.63, 3.8) is 0 Å². The van der Waals surface area contributed by atoms with Crippen molar-refractivity contribution in [2.75, 3.05) is 0 Å². The minimum atomic E-state index is -0.357. The number of ketones is 1. The van der Waals surface area contributed by atoms with E-state index in [9.17, 15) is 4.79 Å². The van der Waals surface area contributed by atoms with Crippen LogP contribution in [-0.2, 0) is 11.2 Å². The fourth-order valence-electron chi connectivity index (χ4n) is 1.40. The summed E-state index contributed by atoms with van der Waals surface area (Å²) in [5.74, 6) is 0.0586. The van der Waals surface area contributed by atoms with Gasteiger partial charge in [0.1, 0.15) is 0 Å². The van der Waals surface area contributed by atoms with Gasteiger partial charge >= 0.3 is 0 Å². The Bertz CT molecular complexity index is 445. The first-order valence-corrected chi connectivity index (χ1v) is 5.78. The molecule has 0 saturated heterocycles. The van der Waals surface area contributed by atoms with E-state index in [4.69, 9.17) is 5.73 Å². The summed E-state index contributed by atoms with van der Waals surface area (Å²) >= 11 is 1.56. The molecule has 0 aliphatic heterocycles. The van der Waals surface area contributed by atoms with Crippen molar-refractivity contribution in [3.05, 3.63) is 23.5 Å². The van der Waals surface area contributed by atoms with Gasteiger partial charge in [-0.1, -0.05) is 6.92 Å². The fraction of sp³-hybridized carbons (Fsp3) is 0.400. The summed E-state index contributed by atoms with van der Waals surface area (Å²) in [4.78, 5) is 16.8. The summed E-state index contributed by atoms with van der Waals surface area (Å²) in [6, 6.07) is -0.357. The topological polar surface area (TPSA) is 60.4 Å². The van der Waals surface area contributed by atoms with E-state index in [1.165, 1.54) is 0 Å². The zero-order valence-electron chi connectivity index (χ0n) is 8.51. The first-order chi connectivity index (χ1) is 7.20. The Hall–Kier alpha value is -1.20. The van der Waals surface area contributed by atoms with Crippen LogP contribution in [0.25, 0.3) is 4.96 Å². The molecule has 0 aliphatic carbocycles. The van der Waals surface area contributed by atoms with Gasteiger partial charge in [-0.2, -0.15) is 0 Å². The van der Waals surface area contributed by atoms with Crippen LogP contribution in [0.15, 0.2) is 17.8 Å². The van der Waals surface area contributed by atoms with Crippen LogP contribution in [0.1, 0.15) is 19.0 Å². The molecule has 0 aromatic carbocycles. The molecule has 2 rings (SSSR count). The number of nitrogens with two attached hydrogens (primary N) is 1. The summed E-state index contributed by atoms with van der Waals surface area (Å²) < 4.78 is 1.92. The van der Waals surface area contributed by atoms with E-state index in [-0.39, 0.29) is 11.8 Å². The van der Waals surface area contributed by atoms with Gasteiger partial charge in [0.2, 0.25) is 0 Å². The number of fused-ring (bicyclic) bond motifs is 1. The van der Waals surface area contributed by atoms with Crippen LogP contribution in [-0.4, -0.2) is 21.2 Å². The second-order valence-electron chi connectivity index (χ2n) is 3.48. The largest absolute Gasteiger partial charge is 0.322 e. The predicted molar refractivity (Wildman–Crippen MR) is 60.0 cm³/mol. The quantitative estimate of drug-likeness (QED) is 0.848. The lowest BCUT2D eigenvalue weighted by molar-refractivity contribution is -0.119. The molecule has 2 N–H and O–H groups in total. The monoisotopic (exact) mass is 223 g/mol. The van der Waals surface area contributed by atoms with Gasteiger partial charge in [0.05, 0.1) is 18.2 Å². The van der Waals surface area contributed by atoms with Crippen molar-refractivity contribution >= 4 is 22.1 Å². The van der Waals surface area contributed by atoms with E-state index in [1.807, 2.05) is 29.1 Å². The lowest BCUT2D eigenvalue weighted by Crippen LogP contribution is -2.30. The highest BCUT2D eigenvalue weighted by molar-refractivity contribution is 7.15. The van der Waals surface area contributed by atoms with Crippen LogP contribution in [0.4, 0.5) is 0 Å². The van der Waals surface area contributed by atoms with Crippen molar-refractivity contribution in [3.8, 4) is 0 Å². The Morgan fingerprint density at radius 3 is 3.20 bits per heavy atom. The van der Waals surface area contributed by atoms with E-state index in [0.717, 1.165) is 10.7 Å². The Morgan fingerprint density at radius 2 is 2.53 bits per heavy atom. The van der Waals surface area contributed by atoms with E-state index < -0.39 is 0 Å². The second-order valence-corrected chi connectivity index (χ2v) is 4.36. The van der Waals surface area contributed by atoms with Gasteiger partial charge < -0.3 is 5.73 Å². The van der Waals surface area contributed by atoms with Crippen LogP contribution in [0.3, 0.4) is 0 Å². The molecular formula is C10H13N3OS. The smallest absolute Gasteiger partial charge is 0.193 e. The maximum Gasteiger partial charge on any atom is 0.193 e. The van der Waals surface area contributed by atoms with E-state index in [1.54, 1.807) is 11.3 Å². The zero-order chi connectivity index (χ0) is 10.8. The summed E-state index contributed by atoms with van der Waals surface area (Å²) in [5.41, 5.74) is 6.45. The van der Waals surface area contributed by atoms with Crippen LogP contribution in [0.2, 0.25) is 0 Å². The van der Waals surface area contributed by atoms with Gasteiger partial charge in [0.15, 0.2) is 10.7 Å². The molecule has 5 heteroatoms. The molecule has 15 heavy (non-hydrogen) atoms. The summed E-state index contributed by atoms with van der Waals surface area (Å²) in [6.45, 7) is 1.91. The van der Waals surface area contributed by atoms with Crippen molar-refractivity contribution in [2.45, 2.75) is 25.8 Å². The SMILES string of the molecule is CCC(N)C(=O)Cc1cn2ccsc2n1. The molecule has 4 nitrogen and oxygen atoms in total. The zero-order valence-corrected chi connectivity index (χ0v) is 9.33. The maximum absolute atomic E-state index is 11.6. The number of Topliss-reactive ketones (excluding diaryl/α,β-unsaturated/α-hetero) is 1. The lowest BCUT2D eigenvalue weighted by Gasteiger charge is -2.04. The number of imidazole rings is 1. The van der Waals surface area contributed by atoms with Gasteiger partial charge in [-0.25, -0.2) is 4.98 Å². The molecule has 0 aliphatic rings. The molecule has 0 saturated carbocycles. The predicted octanol–water partition coefficient (Wildman–Crippen LogP) is 1.24. The number of hydrogen-bond donors (Lipinski definition) is 1. The average Bonchev–Trinajstić information content (AvgIpc) is 2.76. The van der Waals surface area contributed by atoms with E-state index in [2.05, 4.69) is 4.98 Å². The van der Waals surface area contributed by atoms with Gasteiger partial charge in [-0.05, 0) is 6.42 Å². The molecule has 0 bridgehead atoms. The van der Waals surface area contributed by atoms with Crippen LogP contribution in [0.5, 0.6) is 0 Å². The number of aromatic nitrogens is 2. The fourth-order valence-corrected chi connectivity index (χ4v) is 2.12. The molecule has 80 valence electrons. The van der Waals surface area contributed by atoms with Crippen molar-refractivity contribution in [1.82, 2.24) is 9.38 Å². The molecule has 2 aromatic rings. The van der Waals surface area contributed by atoms with Crippen LogP contribution in [0, 0.1) is 0 Å². The summed E-state index contributed by atoms with van der Waals surface area (Å²) in [6.07, 6.45) is 4.83. The minimum absolute atomic E-state index is 0.0586. The van der Waals surface area contributed by atoms with Crippen molar-refractivity contribution < 1.29 is 4.79 Å². The molecule has 0 fully saturated rings. The second kappa shape index (κ2) is 4.12. The summed E-state index contributed by atoms with van der Waals surface area (Å²) in [5, 5.41) is 1.96. The average molecular weight is 223 g/mol. The first-order valence-electron chi connectivity index (χ1n) is 4.90. The molecule has 0 amide bonds. The van der Waals surface area contributed by atoms with Gasteiger partial charge in [0.25, 0.3) is 0 Å². The minimum Gasteiger partial charge on any atom is -0.322 e. The Kier molecular flexibility index (Phi) is 2.83. The highest BCUT2D eigenvalue weighted by atomic mass is 32.1. The van der Waals surface area contributed by atoms with Crippen LogP contribution >= 0.6 is 11.3 Å². The normalized spacial score (nSPS) is 13.2. The molecule has 2 aromatic heterocycles. The third-order valence-corrected chi connectivity index (χ3v) is 3.12. The number of nitrogens with zero attached hydrogens (tertiary/aromatic N) is 2. The third kappa shape index (κ3) is 2.08. The molecule has 0 spiro atoms. The molecule has 1 unspecified atom stereocenters. The Labute approximate surface area is 91.7 Å². The van der Waals surface area contributed by atoms with Gasteiger partial charge in [-0.3, -0.25) is 9.20 Å². The Balaban J connectivity index is 2.12. The standard InChI is InChI=1S/C10H13N3OS/c1-2-8(11)9(14)5-7-6-13-3-4-15-10(13)12-7/h3-4,6,8H,2,5,11H2,1H3. The highest BCUT2D eigenvalue weighted by Crippen LogP contribution is 2.12. The third-order valence-electron chi connectivity index (χ3n) is 2.35. The number of carbonyl (C=O) groups excluding carboxylic acids is 1. The molecule has 1 atom stereocenters. The first kappa shape index (κ1) is 10.3. The van der Waals surface area contributed by atoms with Crippen LogP contribution < -0.4 is 5.73 Å². The number of rotatable bonds is 4. The Morgan fingerprint density at radius 1 is 1.73 bits per heavy atom.